The number of ether oxygens (including phenoxy) is 1. The minimum Gasteiger partial charge on any atom is -0.480 e. The van der Waals surface area contributed by atoms with Crippen molar-refractivity contribution in [1.29, 1.82) is 0 Å². The summed E-state index contributed by atoms with van der Waals surface area (Å²) in [7, 11) is 0. The molecule has 0 aliphatic heterocycles. The van der Waals surface area contributed by atoms with E-state index in [9.17, 15) is 19.5 Å². The Bertz CT molecular complexity index is 953. The zero-order valence-electron chi connectivity index (χ0n) is 18.3. The van der Waals surface area contributed by atoms with Gasteiger partial charge in [-0.05, 0) is 40.7 Å². The van der Waals surface area contributed by atoms with Gasteiger partial charge in [-0.15, -0.1) is 0 Å². The summed E-state index contributed by atoms with van der Waals surface area (Å²) in [5, 5.41) is 23.2. The Morgan fingerprint density at radius 3 is 2.12 bits per heavy atom. The number of fused-ring (bicyclic) bond motifs is 3. The van der Waals surface area contributed by atoms with Gasteiger partial charge in [-0.25, -0.2) is 9.59 Å². The van der Waals surface area contributed by atoms with Crippen molar-refractivity contribution in [2.45, 2.75) is 30.8 Å². The number of carboxylic acid groups (broad SMARTS) is 1. The van der Waals surface area contributed by atoms with Crippen LogP contribution in [0.4, 0.5) is 4.79 Å². The van der Waals surface area contributed by atoms with Crippen molar-refractivity contribution < 1.29 is 29.3 Å². The molecule has 1 unspecified atom stereocenters. The summed E-state index contributed by atoms with van der Waals surface area (Å²) in [6.07, 6.45) is 1.31. The second-order valence-electron chi connectivity index (χ2n) is 7.72. The lowest BCUT2D eigenvalue weighted by Gasteiger charge is -2.21. The first kappa shape index (κ1) is 24.6. The molecular weight excluding hydrogens is 444 g/mol. The van der Waals surface area contributed by atoms with Gasteiger partial charge < -0.3 is 25.6 Å². The summed E-state index contributed by atoms with van der Waals surface area (Å²) in [6.45, 7) is -0.272. The first-order valence-corrected chi connectivity index (χ1v) is 12.1. The Kier molecular flexibility index (Phi) is 8.73. The number of nitrogens with one attached hydrogen (secondary N) is 2. The fraction of sp³-hybridized carbons (Fsp3) is 0.375. The van der Waals surface area contributed by atoms with Crippen LogP contribution < -0.4 is 10.6 Å². The van der Waals surface area contributed by atoms with Crippen LogP contribution in [0.5, 0.6) is 0 Å². The third kappa shape index (κ3) is 6.06. The zero-order valence-corrected chi connectivity index (χ0v) is 19.1. The smallest absolute Gasteiger partial charge is 0.407 e. The minimum absolute atomic E-state index is 0.109. The largest absolute Gasteiger partial charge is 0.480 e. The van der Waals surface area contributed by atoms with Crippen LogP contribution in [0.25, 0.3) is 11.1 Å². The number of alkyl carbamates (subject to hydrolysis) is 1. The quantitative estimate of drug-likeness (QED) is 0.396. The second kappa shape index (κ2) is 11.7. The summed E-state index contributed by atoms with van der Waals surface area (Å²) in [5.41, 5.74) is 4.39. The van der Waals surface area contributed by atoms with Crippen molar-refractivity contribution >= 4 is 29.7 Å². The number of amides is 2. The Morgan fingerprint density at radius 2 is 1.58 bits per heavy atom. The number of hydrogen-bond acceptors (Lipinski definition) is 6. The fourth-order valence-electron chi connectivity index (χ4n) is 3.95. The number of hydrogen-bond donors (Lipinski definition) is 4. The molecule has 176 valence electrons. The summed E-state index contributed by atoms with van der Waals surface area (Å²) < 4.78 is 5.51. The number of aliphatic carboxylic acids is 1. The maximum absolute atomic E-state index is 12.6. The van der Waals surface area contributed by atoms with Crippen molar-refractivity contribution in [2.24, 2.45) is 0 Å². The van der Waals surface area contributed by atoms with Crippen LogP contribution in [0.3, 0.4) is 0 Å². The molecule has 33 heavy (non-hydrogen) atoms. The molecule has 0 saturated heterocycles. The van der Waals surface area contributed by atoms with Crippen LogP contribution >= 0.6 is 11.8 Å². The van der Waals surface area contributed by atoms with Gasteiger partial charge in [0.2, 0.25) is 5.91 Å². The lowest BCUT2D eigenvalue weighted by molar-refractivity contribution is -0.142. The molecule has 8 nitrogen and oxygen atoms in total. The number of thioether (sulfide) groups is 1. The molecular formula is C24H28N2O6S. The van der Waals surface area contributed by atoms with E-state index >= 15 is 0 Å². The number of benzene rings is 2. The van der Waals surface area contributed by atoms with Gasteiger partial charge in [0.05, 0.1) is 0 Å². The highest BCUT2D eigenvalue weighted by atomic mass is 32.2. The molecule has 2 amide bonds. The maximum atomic E-state index is 12.6. The van der Waals surface area contributed by atoms with Gasteiger partial charge in [0.25, 0.3) is 0 Å². The highest BCUT2D eigenvalue weighted by Crippen LogP contribution is 2.44. The van der Waals surface area contributed by atoms with E-state index in [1.54, 1.807) is 0 Å². The summed E-state index contributed by atoms with van der Waals surface area (Å²) in [6, 6.07) is 13.8. The molecule has 1 aliphatic carbocycles. The van der Waals surface area contributed by atoms with E-state index in [2.05, 4.69) is 10.6 Å². The van der Waals surface area contributed by atoms with Gasteiger partial charge in [0, 0.05) is 18.9 Å². The van der Waals surface area contributed by atoms with Gasteiger partial charge in [-0.2, -0.15) is 11.8 Å². The fourth-order valence-corrected chi connectivity index (χ4v) is 4.42. The van der Waals surface area contributed by atoms with Crippen LogP contribution in [0.15, 0.2) is 48.5 Å². The molecule has 0 spiro atoms. The van der Waals surface area contributed by atoms with E-state index in [1.807, 2.05) is 54.8 Å². The van der Waals surface area contributed by atoms with Gasteiger partial charge >= 0.3 is 12.1 Å². The van der Waals surface area contributed by atoms with Crippen LogP contribution in [0.1, 0.15) is 29.9 Å². The lowest BCUT2D eigenvalue weighted by Crippen LogP contribution is -2.52. The summed E-state index contributed by atoms with van der Waals surface area (Å²) in [4.78, 5) is 36.5. The normalized spacial score (nSPS) is 14.0. The molecule has 2 aromatic carbocycles. The van der Waals surface area contributed by atoms with Crippen molar-refractivity contribution in [3.8, 4) is 11.1 Å². The first-order valence-electron chi connectivity index (χ1n) is 10.7. The van der Waals surface area contributed by atoms with E-state index in [0.29, 0.717) is 12.2 Å². The van der Waals surface area contributed by atoms with E-state index in [4.69, 9.17) is 9.84 Å². The summed E-state index contributed by atoms with van der Waals surface area (Å²) in [5.74, 6) is -1.40. The number of carbonyl (C=O) groups is 3. The molecule has 4 N–H and O–H groups in total. The molecule has 0 bridgehead atoms. The predicted molar refractivity (Wildman–Crippen MR) is 126 cm³/mol. The molecule has 2 aromatic rings. The molecule has 0 heterocycles. The number of carbonyl (C=O) groups excluding carboxylic acids is 2. The van der Waals surface area contributed by atoms with E-state index in [1.165, 1.54) is 11.8 Å². The van der Waals surface area contributed by atoms with Crippen molar-refractivity contribution in [1.82, 2.24) is 10.6 Å². The second-order valence-corrected chi connectivity index (χ2v) is 8.70. The van der Waals surface area contributed by atoms with Crippen LogP contribution in [-0.2, 0) is 14.3 Å². The Balaban J connectivity index is 1.65. The highest BCUT2D eigenvalue weighted by molar-refractivity contribution is 7.98. The Morgan fingerprint density at radius 1 is 0.970 bits per heavy atom. The SMILES string of the molecule is CSCCC(NC(=O)OCC1c2ccccc2-c2ccccc21)C(=O)N[C@H](CCO)C(=O)O. The monoisotopic (exact) mass is 472 g/mol. The van der Waals surface area contributed by atoms with Crippen molar-refractivity contribution in [3.05, 3.63) is 59.7 Å². The van der Waals surface area contributed by atoms with E-state index in [0.717, 1.165) is 22.3 Å². The Labute approximate surface area is 196 Å². The van der Waals surface area contributed by atoms with E-state index in [-0.39, 0.29) is 25.6 Å². The van der Waals surface area contributed by atoms with Crippen LogP contribution in [0.2, 0.25) is 0 Å². The topological polar surface area (TPSA) is 125 Å². The molecule has 0 fully saturated rings. The minimum atomic E-state index is -1.25. The number of aliphatic hydroxyl groups excluding tert-OH is 1. The maximum Gasteiger partial charge on any atom is 0.407 e. The number of aliphatic hydroxyl groups is 1. The molecule has 0 saturated carbocycles. The molecule has 0 radical (unpaired) electrons. The zero-order chi connectivity index (χ0) is 23.8. The van der Waals surface area contributed by atoms with Crippen LogP contribution in [0, 0.1) is 0 Å². The predicted octanol–water partition coefficient (Wildman–Crippen LogP) is 2.60. The van der Waals surface area contributed by atoms with Crippen molar-refractivity contribution in [2.75, 3.05) is 25.2 Å². The summed E-state index contributed by atoms with van der Waals surface area (Å²) >= 11 is 1.50. The third-order valence-corrected chi connectivity index (χ3v) is 6.24. The van der Waals surface area contributed by atoms with Gasteiger partial charge in [-0.1, -0.05) is 48.5 Å². The number of carboxylic acids is 1. The average molecular weight is 473 g/mol. The first-order chi connectivity index (χ1) is 16.0. The van der Waals surface area contributed by atoms with Crippen LogP contribution in [-0.4, -0.2) is 65.5 Å². The average Bonchev–Trinajstić information content (AvgIpc) is 3.13. The Hall–Kier alpha value is -3.04. The number of rotatable bonds is 11. The molecule has 0 aromatic heterocycles. The lowest BCUT2D eigenvalue weighted by atomic mass is 9.98. The van der Waals surface area contributed by atoms with Crippen molar-refractivity contribution in [3.63, 3.8) is 0 Å². The molecule has 2 atom stereocenters. The molecule has 9 heteroatoms. The van der Waals surface area contributed by atoms with Gasteiger partial charge in [-0.3, -0.25) is 4.79 Å². The van der Waals surface area contributed by atoms with E-state index < -0.39 is 30.1 Å². The molecule has 1 aliphatic rings. The van der Waals surface area contributed by atoms with Gasteiger partial charge in [0.15, 0.2) is 0 Å². The van der Waals surface area contributed by atoms with Gasteiger partial charge in [0.1, 0.15) is 18.7 Å². The third-order valence-electron chi connectivity index (χ3n) is 5.60. The standard InChI is InChI=1S/C24H28N2O6S/c1-33-13-11-20(22(28)25-21(10-12-27)23(29)30)26-24(31)32-14-19-17-8-4-2-6-15(17)16-7-3-5-9-18(16)19/h2-9,19-21,27H,10-14H2,1H3,(H,25,28)(H,26,31)(H,29,30)/t20?,21-/m1/s1. The highest BCUT2D eigenvalue weighted by Gasteiger charge is 2.30. The molecule has 3 rings (SSSR count).